The summed E-state index contributed by atoms with van der Waals surface area (Å²) < 4.78 is 8.03. The number of halogens is 1. The highest BCUT2D eigenvalue weighted by atomic mass is 35.5. The summed E-state index contributed by atoms with van der Waals surface area (Å²) in [6, 6.07) is 2.05. The molecule has 14 heavy (non-hydrogen) atoms. The normalized spacial score (nSPS) is 10.5. The van der Waals surface area contributed by atoms with E-state index in [0.717, 1.165) is 28.5 Å². The zero-order chi connectivity index (χ0) is 10.1. The molecule has 0 amide bonds. The van der Waals surface area contributed by atoms with Gasteiger partial charge in [0.25, 0.3) is 0 Å². The van der Waals surface area contributed by atoms with E-state index in [1.165, 1.54) is 0 Å². The first-order valence-corrected chi connectivity index (χ1v) is 5.21. The maximum atomic E-state index is 5.88. The molecule has 0 saturated heterocycles. The number of aromatic nitrogens is 3. The number of hydrogen-bond acceptors (Lipinski definition) is 4. The van der Waals surface area contributed by atoms with Gasteiger partial charge in [-0.25, -0.2) is 0 Å². The van der Waals surface area contributed by atoms with Crippen molar-refractivity contribution >= 4 is 23.3 Å². The lowest BCUT2D eigenvalue weighted by Gasteiger charge is -2.02. The summed E-state index contributed by atoms with van der Waals surface area (Å²) in [7, 11) is 0. The smallest absolute Gasteiger partial charge is 0.172 e. The Labute approximate surface area is 91.1 Å². The maximum absolute atomic E-state index is 5.88. The van der Waals surface area contributed by atoms with Gasteiger partial charge in [0.15, 0.2) is 5.15 Å². The van der Waals surface area contributed by atoms with E-state index in [9.17, 15) is 0 Å². The largest absolute Gasteiger partial charge is 0.254 e. The Morgan fingerprint density at radius 1 is 1.21 bits per heavy atom. The van der Waals surface area contributed by atoms with Crippen molar-refractivity contribution in [2.75, 3.05) is 0 Å². The first kappa shape index (κ1) is 9.55. The van der Waals surface area contributed by atoms with Gasteiger partial charge in [-0.1, -0.05) is 17.7 Å². The average molecular weight is 226 g/mol. The van der Waals surface area contributed by atoms with Crippen LogP contribution in [0.3, 0.4) is 0 Å². The first-order chi connectivity index (χ1) is 6.68. The van der Waals surface area contributed by atoms with Crippen molar-refractivity contribution in [1.29, 1.82) is 0 Å². The lowest BCUT2D eigenvalue weighted by atomic mass is 10.1. The molecule has 72 valence electrons. The predicted molar refractivity (Wildman–Crippen MR) is 57.6 cm³/mol. The van der Waals surface area contributed by atoms with Crippen molar-refractivity contribution < 1.29 is 0 Å². The molecule has 2 aromatic heterocycles. The molecule has 2 heterocycles. The molecular weight excluding hydrogens is 218 g/mol. The van der Waals surface area contributed by atoms with E-state index in [1.807, 2.05) is 13.8 Å². The molecule has 0 unspecified atom stereocenters. The minimum absolute atomic E-state index is 0.425. The Bertz CT molecular complexity index is 467. The van der Waals surface area contributed by atoms with E-state index in [4.69, 9.17) is 11.6 Å². The van der Waals surface area contributed by atoms with Gasteiger partial charge in [0.2, 0.25) is 0 Å². The van der Waals surface area contributed by atoms with E-state index in [1.54, 1.807) is 6.20 Å². The van der Waals surface area contributed by atoms with Crippen LogP contribution in [0.2, 0.25) is 5.15 Å². The summed E-state index contributed by atoms with van der Waals surface area (Å²) in [5, 5.41) is 0.425. The highest BCUT2D eigenvalue weighted by Crippen LogP contribution is 2.26. The lowest BCUT2D eigenvalue weighted by Crippen LogP contribution is -1.90. The summed E-state index contributed by atoms with van der Waals surface area (Å²) >= 11 is 6.98. The van der Waals surface area contributed by atoms with Crippen molar-refractivity contribution in [1.82, 2.24) is 13.7 Å². The van der Waals surface area contributed by atoms with E-state index < -0.39 is 0 Å². The number of pyridine rings is 1. The van der Waals surface area contributed by atoms with Crippen molar-refractivity contribution in [2.24, 2.45) is 0 Å². The average Bonchev–Trinajstić information content (AvgIpc) is 2.52. The molecule has 0 radical (unpaired) electrons. The van der Waals surface area contributed by atoms with Gasteiger partial charge in [-0.2, -0.15) is 8.75 Å². The van der Waals surface area contributed by atoms with E-state index >= 15 is 0 Å². The van der Waals surface area contributed by atoms with Gasteiger partial charge in [0, 0.05) is 6.20 Å². The van der Waals surface area contributed by atoms with Crippen LogP contribution in [0.1, 0.15) is 11.1 Å². The van der Waals surface area contributed by atoms with Crippen LogP contribution in [0.4, 0.5) is 0 Å². The number of rotatable bonds is 1. The van der Waals surface area contributed by atoms with Gasteiger partial charge in [-0.05, 0) is 25.0 Å². The number of nitrogens with zero attached hydrogens (tertiary/aromatic N) is 3. The standard InChI is InChI=1S/C9H8ClN3S/c1-5-3-6(2)7(11-4-5)8-9(10)13-14-12-8/h3-4H,1-2H3. The van der Waals surface area contributed by atoms with Crippen molar-refractivity contribution in [3.8, 4) is 11.4 Å². The molecule has 0 aliphatic heterocycles. The Balaban J connectivity index is 2.58. The number of aryl methyl sites for hydroxylation is 2. The third-order valence-electron chi connectivity index (χ3n) is 1.89. The molecular formula is C9H8ClN3S. The first-order valence-electron chi connectivity index (χ1n) is 4.10. The van der Waals surface area contributed by atoms with Crippen LogP contribution in [0.5, 0.6) is 0 Å². The fraction of sp³-hybridized carbons (Fsp3) is 0.222. The second-order valence-electron chi connectivity index (χ2n) is 3.08. The van der Waals surface area contributed by atoms with Crippen LogP contribution < -0.4 is 0 Å². The van der Waals surface area contributed by atoms with Gasteiger partial charge in [0.1, 0.15) is 5.69 Å². The Hall–Kier alpha value is -1.00. The topological polar surface area (TPSA) is 38.7 Å². The van der Waals surface area contributed by atoms with E-state index in [2.05, 4.69) is 19.8 Å². The molecule has 0 spiro atoms. The van der Waals surface area contributed by atoms with Crippen LogP contribution in [0.25, 0.3) is 11.4 Å². The Kier molecular flexibility index (Phi) is 2.48. The predicted octanol–water partition coefficient (Wildman–Crippen LogP) is 2.87. The van der Waals surface area contributed by atoms with Crippen LogP contribution >= 0.6 is 23.3 Å². The van der Waals surface area contributed by atoms with Crippen LogP contribution in [-0.4, -0.2) is 13.7 Å². The summed E-state index contributed by atoms with van der Waals surface area (Å²) in [6.07, 6.45) is 1.80. The summed E-state index contributed by atoms with van der Waals surface area (Å²) in [4.78, 5) is 4.30. The minimum atomic E-state index is 0.425. The highest BCUT2D eigenvalue weighted by Gasteiger charge is 2.11. The molecule has 0 aliphatic carbocycles. The van der Waals surface area contributed by atoms with Crippen LogP contribution in [0.15, 0.2) is 12.3 Å². The monoisotopic (exact) mass is 225 g/mol. The molecule has 2 rings (SSSR count). The summed E-state index contributed by atoms with van der Waals surface area (Å²) in [6.45, 7) is 4.00. The quantitative estimate of drug-likeness (QED) is 0.749. The molecule has 0 aromatic carbocycles. The van der Waals surface area contributed by atoms with Crippen LogP contribution in [0, 0.1) is 13.8 Å². The zero-order valence-electron chi connectivity index (χ0n) is 7.78. The third-order valence-corrected chi connectivity index (χ3v) is 2.78. The molecule has 2 aromatic rings. The summed E-state index contributed by atoms with van der Waals surface area (Å²) in [5.74, 6) is 0. The molecule has 0 fully saturated rings. The number of hydrogen-bond donors (Lipinski definition) is 0. The van der Waals surface area contributed by atoms with Crippen LogP contribution in [-0.2, 0) is 0 Å². The molecule has 0 saturated carbocycles. The third kappa shape index (κ3) is 1.63. The molecule has 5 heteroatoms. The van der Waals surface area contributed by atoms with Gasteiger partial charge >= 0.3 is 0 Å². The van der Waals surface area contributed by atoms with Gasteiger partial charge < -0.3 is 0 Å². The van der Waals surface area contributed by atoms with Crippen molar-refractivity contribution in [2.45, 2.75) is 13.8 Å². The summed E-state index contributed by atoms with van der Waals surface area (Å²) in [5.41, 5.74) is 3.69. The zero-order valence-corrected chi connectivity index (χ0v) is 9.35. The van der Waals surface area contributed by atoms with Gasteiger partial charge in [-0.3, -0.25) is 4.98 Å². The van der Waals surface area contributed by atoms with Gasteiger partial charge in [-0.15, -0.1) is 0 Å². The fourth-order valence-electron chi connectivity index (χ4n) is 1.28. The SMILES string of the molecule is Cc1cnc(-c2nsnc2Cl)c(C)c1. The molecule has 0 N–H and O–H groups in total. The lowest BCUT2D eigenvalue weighted by molar-refractivity contribution is 1.21. The van der Waals surface area contributed by atoms with Crippen molar-refractivity contribution in [3.05, 3.63) is 28.5 Å². The van der Waals surface area contributed by atoms with Gasteiger partial charge in [0.05, 0.1) is 17.4 Å². The fourth-order valence-corrected chi connectivity index (χ4v) is 2.01. The maximum Gasteiger partial charge on any atom is 0.172 e. The van der Waals surface area contributed by atoms with E-state index in [0.29, 0.717) is 10.8 Å². The molecule has 0 atom stereocenters. The Morgan fingerprint density at radius 3 is 2.57 bits per heavy atom. The molecule has 0 aliphatic rings. The minimum Gasteiger partial charge on any atom is -0.254 e. The van der Waals surface area contributed by atoms with Crippen molar-refractivity contribution in [3.63, 3.8) is 0 Å². The highest BCUT2D eigenvalue weighted by molar-refractivity contribution is 6.99. The molecule has 0 bridgehead atoms. The second kappa shape index (κ2) is 3.63. The second-order valence-corrected chi connectivity index (χ2v) is 3.97. The Morgan fingerprint density at radius 2 is 2.00 bits per heavy atom. The van der Waals surface area contributed by atoms with E-state index in [-0.39, 0.29) is 0 Å². The molecule has 3 nitrogen and oxygen atoms in total.